The van der Waals surface area contributed by atoms with Crippen LogP contribution in [0.25, 0.3) is 0 Å². The van der Waals surface area contributed by atoms with E-state index < -0.39 is 30.5 Å². The molecule has 39 heavy (non-hydrogen) atoms. The van der Waals surface area contributed by atoms with Gasteiger partial charge in [-0.2, -0.15) is 0 Å². The number of ether oxygens (including phenoxy) is 2. The first-order valence-corrected chi connectivity index (χ1v) is 16.5. The fourth-order valence-corrected chi connectivity index (χ4v) is 11.6. The maximum Gasteiger partial charge on any atom is 0.111 e. The summed E-state index contributed by atoms with van der Waals surface area (Å²) in [6.07, 6.45) is 11.0. The zero-order chi connectivity index (χ0) is 27.7. The first kappa shape index (κ1) is 28.9. The van der Waals surface area contributed by atoms with Crippen LogP contribution in [-0.2, 0) is 9.47 Å². The SMILES string of the molecule is C[C@@H](CCC1O[C@H]2C[C@H]3[C@@H]4CC[C@H]5CCCC[C@]5(C)[C@H]4CC[C@]3(C)[C@H]2[C@@H]1C)CC1O[C@H](CO)[C@@H](O)[C@H](O)[C@H]1O. The molecule has 4 saturated carbocycles. The highest BCUT2D eigenvalue weighted by Gasteiger charge is 2.65. The van der Waals surface area contributed by atoms with E-state index in [1.54, 1.807) is 0 Å². The smallest absolute Gasteiger partial charge is 0.111 e. The number of aliphatic hydroxyl groups is 4. The third-order valence-corrected chi connectivity index (χ3v) is 13.7. The highest BCUT2D eigenvalue weighted by atomic mass is 16.5. The minimum Gasteiger partial charge on any atom is -0.394 e. The fraction of sp³-hybridized carbons (Fsp3) is 1.00. The maximum absolute atomic E-state index is 10.5. The molecule has 0 spiro atoms. The number of hydrogen-bond acceptors (Lipinski definition) is 6. The Morgan fingerprint density at radius 3 is 2.36 bits per heavy atom. The largest absolute Gasteiger partial charge is 0.394 e. The van der Waals surface area contributed by atoms with Gasteiger partial charge in [-0.1, -0.05) is 40.5 Å². The van der Waals surface area contributed by atoms with Gasteiger partial charge in [0.25, 0.3) is 0 Å². The Bertz CT molecular complexity index is 865. The minimum absolute atomic E-state index is 0.285. The standard InChI is InChI=1S/C33H56O6/c1-18(15-26-29(35)31(37)30(36)27(17-34)39-26)8-11-24-19(2)28-25(38-24)16-23-21-10-9-20-7-5-6-13-32(20,3)22(21)12-14-33(23,28)4/h18-31,34-37H,5-17H2,1-4H3/t18-,19+,20+,21+,22-,23-,24?,25-,26?,27+,28-,29-,30+,31+,32-,33-/m0/s1. The van der Waals surface area contributed by atoms with Crippen LogP contribution in [0, 0.1) is 52.3 Å². The highest BCUT2D eigenvalue weighted by molar-refractivity contribution is 5.13. The Labute approximate surface area is 236 Å². The molecular formula is C33H56O6. The molecule has 2 unspecified atom stereocenters. The summed E-state index contributed by atoms with van der Waals surface area (Å²) in [5.41, 5.74) is 1.01. The summed E-state index contributed by atoms with van der Waals surface area (Å²) >= 11 is 0. The molecule has 6 nitrogen and oxygen atoms in total. The molecule has 2 saturated heterocycles. The van der Waals surface area contributed by atoms with E-state index in [-0.39, 0.29) is 12.5 Å². The molecule has 6 aliphatic rings. The van der Waals surface area contributed by atoms with Gasteiger partial charge in [0.05, 0.1) is 24.9 Å². The van der Waals surface area contributed by atoms with Crippen molar-refractivity contribution in [2.24, 2.45) is 52.3 Å². The summed E-state index contributed by atoms with van der Waals surface area (Å²) in [6.45, 7) is 9.57. The third-order valence-electron chi connectivity index (χ3n) is 13.7. The van der Waals surface area contributed by atoms with E-state index in [4.69, 9.17) is 9.47 Å². The van der Waals surface area contributed by atoms with Crippen LogP contribution in [0.3, 0.4) is 0 Å². The monoisotopic (exact) mass is 548 g/mol. The van der Waals surface area contributed by atoms with Crippen molar-refractivity contribution in [3.63, 3.8) is 0 Å². The fourth-order valence-electron chi connectivity index (χ4n) is 11.6. The zero-order valence-electron chi connectivity index (χ0n) is 24.9. The van der Waals surface area contributed by atoms with Crippen molar-refractivity contribution in [2.45, 2.75) is 147 Å². The number of aliphatic hydroxyl groups excluding tert-OH is 4. The second kappa shape index (κ2) is 10.8. The lowest BCUT2D eigenvalue weighted by Crippen LogP contribution is -2.58. The molecule has 6 fully saturated rings. The summed E-state index contributed by atoms with van der Waals surface area (Å²) in [4.78, 5) is 0. The van der Waals surface area contributed by atoms with Gasteiger partial charge in [-0.15, -0.1) is 0 Å². The Balaban J connectivity index is 1.06. The van der Waals surface area contributed by atoms with Gasteiger partial charge in [0, 0.05) is 0 Å². The Morgan fingerprint density at radius 2 is 1.59 bits per heavy atom. The molecule has 6 heteroatoms. The summed E-state index contributed by atoms with van der Waals surface area (Å²) < 4.78 is 12.7. The highest BCUT2D eigenvalue weighted by Crippen LogP contribution is 2.70. The van der Waals surface area contributed by atoms with Crippen LogP contribution >= 0.6 is 0 Å². The zero-order valence-corrected chi connectivity index (χ0v) is 24.9. The maximum atomic E-state index is 10.5. The van der Waals surface area contributed by atoms with E-state index >= 15 is 0 Å². The van der Waals surface area contributed by atoms with Crippen molar-refractivity contribution < 1.29 is 29.9 Å². The molecule has 0 amide bonds. The molecule has 2 aliphatic heterocycles. The van der Waals surface area contributed by atoms with Gasteiger partial charge in [-0.25, -0.2) is 0 Å². The van der Waals surface area contributed by atoms with E-state index in [1.165, 1.54) is 57.8 Å². The lowest BCUT2D eigenvalue weighted by atomic mass is 9.44. The summed E-state index contributed by atoms with van der Waals surface area (Å²) in [7, 11) is 0. The Kier molecular flexibility index (Phi) is 7.99. The number of rotatable bonds is 6. The van der Waals surface area contributed by atoms with Crippen LogP contribution in [0.2, 0.25) is 0 Å². The van der Waals surface area contributed by atoms with E-state index in [9.17, 15) is 20.4 Å². The van der Waals surface area contributed by atoms with Gasteiger partial charge in [0.2, 0.25) is 0 Å². The van der Waals surface area contributed by atoms with Crippen LogP contribution in [0.15, 0.2) is 0 Å². The molecule has 0 aromatic carbocycles. The van der Waals surface area contributed by atoms with Gasteiger partial charge in [-0.05, 0) is 116 Å². The lowest BCUT2D eigenvalue weighted by molar-refractivity contribution is -0.232. The van der Waals surface area contributed by atoms with Gasteiger partial charge in [0.1, 0.15) is 24.4 Å². The van der Waals surface area contributed by atoms with Crippen molar-refractivity contribution in [2.75, 3.05) is 6.61 Å². The number of fused-ring (bicyclic) bond motifs is 7. The number of hydrogen-bond donors (Lipinski definition) is 4. The van der Waals surface area contributed by atoms with Crippen molar-refractivity contribution >= 4 is 0 Å². The first-order valence-electron chi connectivity index (χ1n) is 16.5. The predicted molar refractivity (Wildman–Crippen MR) is 150 cm³/mol. The molecule has 224 valence electrons. The van der Waals surface area contributed by atoms with E-state index in [2.05, 4.69) is 27.7 Å². The van der Waals surface area contributed by atoms with Crippen molar-refractivity contribution in [3.8, 4) is 0 Å². The molecular weight excluding hydrogens is 492 g/mol. The molecule has 6 rings (SSSR count). The summed E-state index contributed by atoms with van der Waals surface area (Å²) in [6, 6.07) is 0. The molecule has 4 aliphatic carbocycles. The molecule has 0 aromatic heterocycles. The van der Waals surface area contributed by atoms with E-state index in [0.717, 1.165) is 36.5 Å². The van der Waals surface area contributed by atoms with Crippen molar-refractivity contribution in [1.82, 2.24) is 0 Å². The predicted octanol–water partition coefficient (Wildman–Crippen LogP) is 4.70. The normalized spacial score (nSPS) is 55.8. The summed E-state index contributed by atoms with van der Waals surface area (Å²) in [5, 5.41) is 40.2. The molecule has 0 aromatic rings. The quantitative estimate of drug-likeness (QED) is 0.384. The average molecular weight is 549 g/mol. The minimum atomic E-state index is -1.29. The molecule has 0 radical (unpaired) electrons. The molecule has 4 N–H and O–H groups in total. The molecule has 16 atom stereocenters. The average Bonchev–Trinajstić information content (AvgIpc) is 3.40. The van der Waals surface area contributed by atoms with E-state index in [0.29, 0.717) is 41.3 Å². The third kappa shape index (κ3) is 4.66. The van der Waals surface area contributed by atoms with Gasteiger partial charge < -0.3 is 29.9 Å². The van der Waals surface area contributed by atoms with Crippen LogP contribution in [0.4, 0.5) is 0 Å². The van der Waals surface area contributed by atoms with Crippen LogP contribution < -0.4 is 0 Å². The van der Waals surface area contributed by atoms with Crippen LogP contribution in [0.5, 0.6) is 0 Å². The van der Waals surface area contributed by atoms with Gasteiger partial charge >= 0.3 is 0 Å². The second-order valence-electron chi connectivity index (χ2n) is 15.6. The second-order valence-corrected chi connectivity index (χ2v) is 15.6. The first-order chi connectivity index (χ1) is 18.6. The van der Waals surface area contributed by atoms with Gasteiger partial charge in [0.15, 0.2) is 0 Å². The Morgan fingerprint density at radius 1 is 0.821 bits per heavy atom. The molecule has 0 bridgehead atoms. The van der Waals surface area contributed by atoms with Crippen LogP contribution in [-0.4, -0.2) is 69.8 Å². The molecule has 2 heterocycles. The van der Waals surface area contributed by atoms with Crippen molar-refractivity contribution in [1.29, 1.82) is 0 Å². The van der Waals surface area contributed by atoms with E-state index in [1.807, 2.05) is 0 Å². The van der Waals surface area contributed by atoms with Crippen molar-refractivity contribution in [3.05, 3.63) is 0 Å². The topological polar surface area (TPSA) is 99.4 Å². The van der Waals surface area contributed by atoms with Crippen LogP contribution in [0.1, 0.15) is 105 Å². The van der Waals surface area contributed by atoms with Gasteiger partial charge in [-0.3, -0.25) is 0 Å². The summed E-state index contributed by atoms with van der Waals surface area (Å²) in [5.74, 6) is 5.17. The Hall–Kier alpha value is -0.240. The lowest BCUT2D eigenvalue weighted by Gasteiger charge is -2.60.